The van der Waals surface area contributed by atoms with Crippen LogP contribution < -0.4 is 0 Å². The summed E-state index contributed by atoms with van der Waals surface area (Å²) in [5, 5.41) is 1.30. The molecule has 0 bridgehead atoms. The molecule has 3 aliphatic rings. The van der Waals surface area contributed by atoms with Gasteiger partial charge in [0.1, 0.15) is 0 Å². The third-order valence-electron chi connectivity index (χ3n) is 9.38. The van der Waals surface area contributed by atoms with Gasteiger partial charge in [-0.3, -0.25) is 4.79 Å². The fraction of sp³-hybridized carbons (Fsp3) is 0.469. The van der Waals surface area contributed by atoms with Crippen LogP contribution in [0.3, 0.4) is 0 Å². The van der Waals surface area contributed by atoms with Gasteiger partial charge in [-0.15, -0.1) is 0 Å². The standard InChI is InChI=1S/C32H38N2O/c1-20-16-18-23(19-17-20)30-29(26-13-7-8-14-28(26)33(30)4)31-24-11-5-6-12-25(24)32(35)34(31)27-15-9-10-21(2)22(27)3/h7-8,13-14,16-19,21-22,27,31H,5-6,9-12,15H2,1-4H3. The van der Waals surface area contributed by atoms with Crippen LogP contribution in [0.2, 0.25) is 0 Å². The van der Waals surface area contributed by atoms with Crippen LogP contribution in [0, 0.1) is 18.8 Å². The fourth-order valence-electron chi connectivity index (χ4n) is 7.28. The lowest BCUT2D eigenvalue weighted by Gasteiger charge is -2.43. The van der Waals surface area contributed by atoms with Crippen molar-refractivity contribution in [3.05, 3.63) is 70.8 Å². The monoisotopic (exact) mass is 466 g/mol. The molecule has 1 saturated carbocycles. The smallest absolute Gasteiger partial charge is 0.250 e. The van der Waals surface area contributed by atoms with Crippen molar-refractivity contribution < 1.29 is 4.79 Å². The lowest BCUT2D eigenvalue weighted by atomic mass is 9.76. The molecule has 6 rings (SSSR count). The van der Waals surface area contributed by atoms with Crippen LogP contribution in [0.4, 0.5) is 0 Å². The van der Waals surface area contributed by atoms with Gasteiger partial charge in [0.25, 0.3) is 5.91 Å². The zero-order valence-corrected chi connectivity index (χ0v) is 21.7. The first-order valence-corrected chi connectivity index (χ1v) is 13.7. The normalized spacial score (nSPS) is 27.1. The summed E-state index contributed by atoms with van der Waals surface area (Å²) in [5.41, 5.74) is 8.93. The molecule has 2 aromatic carbocycles. The molecule has 2 aliphatic carbocycles. The Bertz CT molecular complexity index is 1310. The number of fused-ring (bicyclic) bond motifs is 1. The molecule has 35 heavy (non-hydrogen) atoms. The van der Waals surface area contributed by atoms with E-state index in [1.165, 1.54) is 58.1 Å². The molecule has 0 radical (unpaired) electrons. The average Bonchev–Trinajstić information content (AvgIpc) is 3.32. The molecule has 0 N–H and O–H groups in total. The van der Waals surface area contributed by atoms with Crippen molar-refractivity contribution in [1.29, 1.82) is 0 Å². The van der Waals surface area contributed by atoms with E-state index in [9.17, 15) is 4.79 Å². The van der Waals surface area contributed by atoms with E-state index in [1.54, 1.807) is 0 Å². The number of nitrogens with zero attached hydrogens (tertiary/aromatic N) is 2. The van der Waals surface area contributed by atoms with Gasteiger partial charge >= 0.3 is 0 Å². The summed E-state index contributed by atoms with van der Waals surface area (Å²) in [5.74, 6) is 1.51. The predicted molar refractivity (Wildman–Crippen MR) is 144 cm³/mol. The number of aryl methyl sites for hydroxylation is 2. The van der Waals surface area contributed by atoms with Crippen LogP contribution in [0.15, 0.2) is 59.7 Å². The first-order valence-electron chi connectivity index (χ1n) is 13.7. The van der Waals surface area contributed by atoms with E-state index in [2.05, 4.69) is 85.8 Å². The molecule has 1 amide bonds. The summed E-state index contributed by atoms with van der Waals surface area (Å²) < 4.78 is 2.37. The van der Waals surface area contributed by atoms with Crippen LogP contribution in [0.1, 0.15) is 76.0 Å². The maximum atomic E-state index is 14.2. The second-order valence-electron chi connectivity index (χ2n) is 11.4. The number of amides is 1. The zero-order valence-electron chi connectivity index (χ0n) is 21.7. The topological polar surface area (TPSA) is 25.2 Å². The van der Waals surface area contributed by atoms with E-state index in [4.69, 9.17) is 0 Å². The largest absolute Gasteiger partial charge is 0.343 e. The highest BCUT2D eigenvalue weighted by molar-refractivity contribution is 6.01. The molecule has 0 spiro atoms. The highest BCUT2D eigenvalue weighted by Gasteiger charge is 2.48. The van der Waals surface area contributed by atoms with Crippen molar-refractivity contribution in [3.8, 4) is 11.3 Å². The third kappa shape index (κ3) is 3.50. The number of para-hydroxylation sites is 1. The van der Waals surface area contributed by atoms with Gasteiger partial charge in [0.2, 0.25) is 0 Å². The number of rotatable bonds is 3. The summed E-state index contributed by atoms with van der Waals surface area (Å²) in [4.78, 5) is 16.5. The Labute approximate surface area is 209 Å². The molecule has 3 nitrogen and oxygen atoms in total. The van der Waals surface area contributed by atoms with Crippen LogP contribution in [-0.2, 0) is 11.8 Å². The van der Waals surface area contributed by atoms with Crippen molar-refractivity contribution in [1.82, 2.24) is 9.47 Å². The van der Waals surface area contributed by atoms with E-state index in [-0.39, 0.29) is 6.04 Å². The number of aromatic nitrogens is 1. The van der Waals surface area contributed by atoms with Crippen LogP contribution in [0.25, 0.3) is 22.2 Å². The number of carbonyl (C=O) groups is 1. The van der Waals surface area contributed by atoms with Gasteiger partial charge in [0.05, 0.1) is 11.7 Å². The van der Waals surface area contributed by atoms with Gasteiger partial charge in [0, 0.05) is 35.1 Å². The zero-order chi connectivity index (χ0) is 24.3. The molecular formula is C32H38N2O. The minimum absolute atomic E-state index is 0.0537. The first-order chi connectivity index (χ1) is 17.0. The number of carbonyl (C=O) groups excluding carboxylic acids is 1. The van der Waals surface area contributed by atoms with Crippen molar-refractivity contribution in [3.63, 3.8) is 0 Å². The number of hydrogen-bond donors (Lipinski definition) is 0. The Balaban J connectivity index is 1.61. The lowest BCUT2D eigenvalue weighted by Crippen LogP contribution is -2.47. The van der Waals surface area contributed by atoms with Gasteiger partial charge in [-0.2, -0.15) is 0 Å². The van der Waals surface area contributed by atoms with Crippen molar-refractivity contribution in [2.24, 2.45) is 18.9 Å². The van der Waals surface area contributed by atoms with E-state index >= 15 is 0 Å². The number of hydrogen-bond acceptors (Lipinski definition) is 1. The Morgan fingerprint density at radius 3 is 2.43 bits per heavy atom. The Hall–Kier alpha value is -2.81. The number of benzene rings is 2. The summed E-state index contributed by atoms with van der Waals surface area (Å²) in [6.45, 7) is 6.92. The Morgan fingerprint density at radius 1 is 0.886 bits per heavy atom. The molecule has 3 heteroatoms. The highest BCUT2D eigenvalue weighted by atomic mass is 16.2. The van der Waals surface area contributed by atoms with E-state index < -0.39 is 0 Å². The molecule has 1 aliphatic heterocycles. The summed E-state index contributed by atoms with van der Waals surface area (Å²) in [6, 6.07) is 18.1. The molecule has 4 atom stereocenters. The van der Waals surface area contributed by atoms with Gasteiger partial charge < -0.3 is 9.47 Å². The summed E-state index contributed by atoms with van der Waals surface area (Å²) in [6.07, 6.45) is 7.95. The van der Waals surface area contributed by atoms with Gasteiger partial charge in [-0.1, -0.05) is 74.7 Å². The van der Waals surface area contributed by atoms with E-state index in [0.29, 0.717) is 23.8 Å². The molecule has 1 aromatic heterocycles. The predicted octanol–water partition coefficient (Wildman–Crippen LogP) is 7.73. The molecule has 0 saturated heterocycles. The summed E-state index contributed by atoms with van der Waals surface area (Å²) >= 11 is 0. The maximum Gasteiger partial charge on any atom is 0.250 e. The SMILES string of the molecule is Cc1ccc(-c2c(C3C4=C(CCCC4)C(=O)N3C3CCCC(C)C3C)c3ccccc3n2C)cc1. The molecule has 2 heterocycles. The quantitative estimate of drug-likeness (QED) is 0.388. The molecule has 182 valence electrons. The van der Waals surface area contributed by atoms with E-state index in [1.807, 2.05) is 0 Å². The molecule has 3 aromatic rings. The van der Waals surface area contributed by atoms with Crippen LogP contribution >= 0.6 is 0 Å². The second-order valence-corrected chi connectivity index (χ2v) is 11.4. The highest BCUT2D eigenvalue weighted by Crippen LogP contribution is 2.52. The third-order valence-corrected chi connectivity index (χ3v) is 9.38. The minimum atomic E-state index is 0.0537. The fourth-order valence-corrected chi connectivity index (χ4v) is 7.28. The molecular weight excluding hydrogens is 428 g/mol. The minimum Gasteiger partial charge on any atom is -0.343 e. The average molecular weight is 467 g/mol. The van der Waals surface area contributed by atoms with Crippen molar-refractivity contribution >= 4 is 16.8 Å². The van der Waals surface area contributed by atoms with Crippen LogP contribution in [-0.4, -0.2) is 21.4 Å². The molecule has 1 fully saturated rings. The van der Waals surface area contributed by atoms with Crippen molar-refractivity contribution in [2.45, 2.75) is 77.8 Å². The summed E-state index contributed by atoms with van der Waals surface area (Å²) in [7, 11) is 2.20. The van der Waals surface area contributed by atoms with Crippen LogP contribution in [0.5, 0.6) is 0 Å². The Morgan fingerprint density at radius 2 is 1.63 bits per heavy atom. The first kappa shape index (κ1) is 22.6. The second kappa shape index (κ2) is 8.69. The van der Waals surface area contributed by atoms with E-state index in [0.717, 1.165) is 31.3 Å². The molecule has 4 unspecified atom stereocenters. The van der Waals surface area contributed by atoms with Gasteiger partial charge in [-0.05, 0) is 68.1 Å². The lowest BCUT2D eigenvalue weighted by molar-refractivity contribution is -0.132. The van der Waals surface area contributed by atoms with Gasteiger partial charge in [-0.25, -0.2) is 0 Å². The Kier molecular flexibility index (Phi) is 5.62. The van der Waals surface area contributed by atoms with Crippen molar-refractivity contribution in [2.75, 3.05) is 0 Å². The van der Waals surface area contributed by atoms with Gasteiger partial charge in [0.15, 0.2) is 0 Å². The maximum absolute atomic E-state index is 14.2.